The Morgan fingerprint density at radius 2 is 2.08 bits per heavy atom. The molecule has 24 heavy (non-hydrogen) atoms. The largest absolute Gasteiger partial charge is 0.454 e. The summed E-state index contributed by atoms with van der Waals surface area (Å²) in [5, 5.41) is -0.667. The maximum Gasteiger partial charge on any atom is 0.231 e. The summed E-state index contributed by atoms with van der Waals surface area (Å²) in [6, 6.07) is 5.45. The lowest BCUT2D eigenvalue weighted by Gasteiger charge is -2.16. The molecule has 0 saturated heterocycles. The van der Waals surface area contributed by atoms with E-state index in [2.05, 4.69) is 0 Å². The standard InChI is InChI=1S/C16H21NO5S2/c1-3-20-8-16(15(17)23)13(14(16)24(18,19)4-2)10-5-6-11-12(7-10)22-9-21-11/h5-7,13-14H,3-4,8-9H2,1-2H3,(H2,17,23)/t13-,14-,16-/m0/s1. The van der Waals surface area contributed by atoms with E-state index < -0.39 is 20.5 Å². The third kappa shape index (κ3) is 2.57. The van der Waals surface area contributed by atoms with Gasteiger partial charge in [0.1, 0.15) is 0 Å². The molecular weight excluding hydrogens is 350 g/mol. The highest BCUT2D eigenvalue weighted by atomic mass is 32.2. The van der Waals surface area contributed by atoms with Crippen LogP contribution in [0.4, 0.5) is 0 Å². The highest BCUT2D eigenvalue weighted by Gasteiger charge is 2.72. The number of rotatable bonds is 7. The van der Waals surface area contributed by atoms with Crippen LogP contribution in [-0.4, -0.2) is 44.4 Å². The lowest BCUT2D eigenvalue weighted by Crippen LogP contribution is -2.34. The van der Waals surface area contributed by atoms with Gasteiger partial charge in [0, 0.05) is 18.3 Å². The summed E-state index contributed by atoms with van der Waals surface area (Å²) in [4.78, 5) is 0.181. The van der Waals surface area contributed by atoms with Gasteiger partial charge in [0.05, 0.1) is 22.3 Å². The van der Waals surface area contributed by atoms with Crippen molar-refractivity contribution in [3.05, 3.63) is 23.8 Å². The Labute approximate surface area is 147 Å². The lowest BCUT2D eigenvalue weighted by atomic mass is 9.99. The van der Waals surface area contributed by atoms with E-state index in [9.17, 15) is 8.42 Å². The van der Waals surface area contributed by atoms with Crippen LogP contribution in [0.5, 0.6) is 11.5 Å². The Hall–Kier alpha value is -1.38. The molecule has 0 amide bonds. The molecule has 1 aromatic carbocycles. The molecule has 0 bridgehead atoms. The van der Waals surface area contributed by atoms with E-state index in [4.69, 9.17) is 32.2 Å². The van der Waals surface area contributed by atoms with Crippen LogP contribution in [0.3, 0.4) is 0 Å². The molecule has 132 valence electrons. The van der Waals surface area contributed by atoms with E-state index in [1.165, 1.54) is 0 Å². The van der Waals surface area contributed by atoms with Gasteiger partial charge in [-0.3, -0.25) is 0 Å². The van der Waals surface area contributed by atoms with Gasteiger partial charge in [-0.15, -0.1) is 0 Å². The number of hydrogen-bond acceptors (Lipinski definition) is 6. The Morgan fingerprint density at radius 1 is 1.38 bits per heavy atom. The summed E-state index contributed by atoms with van der Waals surface area (Å²) in [5.74, 6) is 0.969. The van der Waals surface area contributed by atoms with Crippen molar-refractivity contribution < 1.29 is 22.6 Å². The van der Waals surface area contributed by atoms with Crippen molar-refractivity contribution in [2.75, 3.05) is 25.8 Å². The average molecular weight is 371 g/mol. The van der Waals surface area contributed by atoms with E-state index in [-0.39, 0.29) is 30.1 Å². The minimum Gasteiger partial charge on any atom is -0.454 e. The monoisotopic (exact) mass is 371 g/mol. The fourth-order valence-corrected chi connectivity index (χ4v) is 5.96. The van der Waals surface area contributed by atoms with Crippen molar-refractivity contribution in [1.82, 2.24) is 0 Å². The first kappa shape index (κ1) is 17.4. The first-order valence-electron chi connectivity index (χ1n) is 7.87. The second kappa shape index (κ2) is 6.16. The quantitative estimate of drug-likeness (QED) is 0.729. The Bertz CT molecular complexity index is 764. The summed E-state index contributed by atoms with van der Waals surface area (Å²) < 4.78 is 41.5. The smallest absolute Gasteiger partial charge is 0.231 e. The third-order valence-electron chi connectivity index (χ3n) is 4.81. The van der Waals surface area contributed by atoms with Crippen LogP contribution >= 0.6 is 12.2 Å². The molecule has 0 aromatic heterocycles. The van der Waals surface area contributed by atoms with Crippen molar-refractivity contribution in [2.24, 2.45) is 11.1 Å². The number of benzene rings is 1. The van der Waals surface area contributed by atoms with Gasteiger partial charge in [-0.1, -0.05) is 25.2 Å². The second-order valence-electron chi connectivity index (χ2n) is 6.00. The summed E-state index contributed by atoms with van der Waals surface area (Å²) in [6.07, 6.45) is 0. The van der Waals surface area contributed by atoms with E-state index >= 15 is 0 Å². The molecule has 3 rings (SSSR count). The average Bonchev–Trinajstić information content (AvgIpc) is 3.04. The first-order chi connectivity index (χ1) is 11.4. The number of nitrogens with two attached hydrogens (primary N) is 1. The molecule has 1 aromatic rings. The molecule has 1 aliphatic heterocycles. The Balaban J connectivity index is 2.04. The zero-order valence-corrected chi connectivity index (χ0v) is 15.3. The third-order valence-corrected chi connectivity index (χ3v) is 7.46. The molecule has 2 aliphatic rings. The molecule has 1 heterocycles. The fourth-order valence-electron chi connectivity index (χ4n) is 3.50. The minimum absolute atomic E-state index is 0.0369. The van der Waals surface area contributed by atoms with E-state index in [0.717, 1.165) is 5.56 Å². The summed E-state index contributed by atoms with van der Waals surface area (Å²) in [7, 11) is -3.34. The van der Waals surface area contributed by atoms with E-state index in [1.54, 1.807) is 13.0 Å². The molecule has 1 saturated carbocycles. The van der Waals surface area contributed by atoms with Gasteiger partial charge in [0.2, 0.25) is 6.79 Å². The van der Waals surface area contributed by atoms with E-state index in [1.807, 2.05) is 19.1 Å². The van der Waals surface area contributed by atoms with E-state index in [0.29, 0.717) is 18.1 Å². The predicted molar refractivity (Wildman–Crippen MR) is 94.3 cm³/mol. The first-order valence-corrected chi connectivity index (χ1v) is 9.99. The number of sulfone groups is 1. The molecule has 6 nitrogen and oxygen atoms in total. The van der Waals surface area contributed by atoms with Crippen LogP contribution in [0.15, 0.2) is 18.2 Å². The molecule has 2 N–H and O–H groups in total. The molecule has 3 atom stereocenters. The SMILES string of the molecule is CCOC[C@]1(C(N)=S)[C@@H](c2ccc3c(c2)OCO3)[C@@H]1S(=O)(=O)CC. The summed E-state index contributed by atoms with van der Waals surface area (Å²) >= 11 is 5.26. The van der Waals surface area contributed by atoms with Gasteiger partial charge in [-0.25, -0.2) is 8.42 Å². The van der Waals surface area contributed by atoms with Gasteiger partial charge in [-0.05, 0) is 24.6 Å². The summed E-state index contributed by atoms with van der Waals surface area (Å²) in [6.45, 7) is 4.32. The van der Waals surface area contributed by atoms with Crippen LogP contribution in [0.25, 0.3) is 0 Å². The van der Waals surface area contributed by atoms with Crippen LogP contribution in [0.2, 0.25) is 0 Å². The molecule has 0 spiro atoms. The molecule has 1 fully saturated rings. The van der Waals surface area contributed by atoms with Crippen LogP contribution in [-0.2, 0) is 14.6 Å². The molecule has 8 heteroatoms. The summed E-state index contributed by atoms with van der Waals surface area (Å²) in [5.41, 5.74) is 5.95. The maximum atomic E-state index is 12.6. The minimum atomic E-state index is -3.34. The van der Waals surface area contributed by atoms with Gasteiger partial charge in [0.25, 0.3) is 0 Å². The van der Waals surface area contributed by atoms with Gasteiger partial charge in [0.15, 0.2) is 21.3 Å². The number of thiocarbonyl (C=S) groups is 1. The zero-order chi connectivity index (χ0) is 17.5. The van der Waals surface area contributed by atoms with Crippen LogP contribution in [0.1, 0.15) is 25.3 Å². The number of ether oxygens (including phenoxy) is 3. The second-order valence-corrected chi connectivity index (χ2v) is 8.86. The maximum absolute atomic E-state index is 12.6. The molecule has 1 aliphatic carbocycles. The van der Waals surface area contributed by atoms with Crippen LogP contribution < -0.4 is 15.2 Å². The number of hydrogen-bond donors (Lipinski definition) is 1. The highest BCUT2D eigenvalue weighted by Crippen LogP contribution is 2.64. The van der Waals surface area contributed by atoms with Gasteiger partial charge < -0.3 is 19.9 Å². The lowest BCUT2D eigenvalue weighted by molar-refractivity contribution is 0.121. The topological polar surface area (TPSA) is 87.8 Å². The van der Waals surface area contributed by atoms with Crippen molar-refractivity contribution in [2.45, 2.75) is 25.0 Å². The van der Waals surface area contributed by atoms with Crippen molar-refractivity contribution in [1.29, 1.82) is 0 Å². The molecule has 0 radical (unpaired) electrons. The van der Waals surface area contributed by atoms with Crippen molar-refractivity contribution in [3.63, 3.8) is 0 Å². The zero-order valence-electron chi connectivity index (χ0n) is 13.7. The Morgan fingerprint density at radius 3 is 2.71 bits per heavy atom. The fraction of sp³-hybridized carbons (Fsp3) is 0.562. The number of fused-ring (bicyclic) bond motifs is 1. The van der Waals surface area contributed by atoms with Gasteiger partial charge in [-0.2, -0.15) is 0 Å². The van der Waals surface area contributed by atoms with Gasteiger partial charge >= 0.3 is 0 Å². The van der Waals surface area contributed by atoms with Crippen molar-refractivity contribution >= 4 is 27.0 Å². The van der Waals surface area contributed by atoms with Crippen LogP contribution in [0, 0.1) is 5.41 Å². The molecular formula is C16H21NO5S2. The highest BCUT2D eigenvalue weighted by molar-refractivity contribution is 7.92. The predicted octanol–water partition coefficient (Wildman–Crippen LogP) is 1.62. The van der Waals surface area contributed by atoms with Crippen molar-refractivity contribution in [3.8, 4) is 11.5 Å². The Kier molecular flexibility index (Phi) is 4.48. The normalized spacial score (nSPS) is 27.9. The molecule has 0 unspecified atom stereocenters.